The van der Waals surface area contributed by atoms with Crippen LogP contribution in [0.15, 0.2) is 0 Å². The molecule has 1 aliphatic carbocycles. The maximum Gasteiger partial charge on any atom is 0.306 e. The summed E-state index contributed by atoms with van der Waals surface area (Å²) in [5, 5.41) is 8.87. The van der Waals surface area contributed by atoms with Crippen LogP contribution in [0.3, 0.4) is 0 Å². The van der Waals surface area contributed by atoms with Crippen molar-refractivity contribution in [2.75, 3.05) is 0 Å². The van der Waals surface area contributed by atoms with E-state index in [1.54, 1.807) is 0 Å². The highest BCUT2D eigenvalue weighted by Gasteiger charge is 2.29. The first-order valence-electron chi connectivity index (χ1n) is 5.39. The molecule has 0 saturated heterocycles. The Morgan fingerprint density at radius 3 is 2.14 bits per heavy atom. The number of carbonyl (C=O) groups is 1. The van der Waals surface area contributed by atoms with Crippen LogP contribution in [-0.4, -0.2) is 15.0 Å². The second-order valence-electron chi connectivity index (χ2n) is 4.49. The van der Waals surface area contributed by atoms with Crippen LogP contribution < -0.4 is 0 Å². The second-order valence-corrected chi connectivity index (χ2v) is 6.45. The number of rotatable bonds is 3. The van der Waals surface area contributed by atoms with Gasteiger partial charge in [0.2, 0.25) is 0 Å². The van der Waals surface area contributed by atoms with Gasteiger partial charge in [0.1, 0.15) is 0 Å². The van der Waals surface area contributed by atoms with Crippen molar-refractivity contribution < 1.29 is 9.90 Å². The molecule has 0 aromatic rings. The van der Waals surface area contributed by atoms with Crippen LogP contribution in [0, 0.1) is 17.8 Å². The largest absolute Gasteiger partial charge is 0.481 e. The molecular weight excluding hydrogens is 291 g/mol. The molecule has 0 radical (unpaired) electrons. The van der Waals surface area contributed by atoms with Gasteiger partial charge in [0, 0.05) is 3.92 Å². The van der Waals surface area contributed by atoms with E-state index in [9.17, 15) is 4.79 Å². The molecule has 1 aliphatic rings. The lowest BCUT2D eigenvalue weighted by molar-refractivity contribution is -0.143. The Morgan fingerprint density at radius 2 is 1.79 bits per heavy atom. The number of hydrogen-bond donors (Lipinski definition) is 1. The fourth-order valence-electron chi connectivity index (χ4n) is 2.27. The molecule has 82 valence electrons. The zero-order chi connectivity index (χ0) is 10.7. The van der Waals surface area contributed by atoms with Gasteiger partial charge in [-0.15, -0.1) is 0 Å². The molecule has 2 unspecified atom stereocenters. The van der Waals surface area contributed by atoms with E-state index >= 15 is 0 Å². The summed E-state index contributed by atoms with van der Waals surface area (Å²) in [5.41, 5.74) is 0. The molecule has 0 spiro atoms. The normalized spacial score (nSPS) is 32.2. The van der Waals surface area contributed by atoms with Crippen molar-refractivity contribution in [1.82, 2.24) is 0 Å². The number of alkyl halides is 1. The van der Waals surface area contributed by atoms with Crippen LogP contribution in [0.4, 0.5) is 0 Å². The predicted molar refractivity (Wildman–Crippen MR) is 65.7 cm³/mol. The molecule has 1 N–H and O–H groups in total. The van der Waals surface area contributed by atoms with E-state index in [2.05, 4.69) is 36.4 Å². The summed E-state index contributed by atoms with van der Waals surface area (Å²) >= 11 is 2.47. The quantitative estimate of drug-likeness (QED) is 0.641. The fourth-order valence-corrected chi connectivity index (χ4v) is 2.85. The van der Waals surface area contributed by atoms with E-state index < -0.39 is 5.97 Å². The molecule has 3 heteroatoms. The fraction of sp³-hybridized carbons (Fsp3) is 0.909. The highest BCUT2D eigenvalue weighted by Crippen LogP contribution is 2.36. The average molecular weight is 310 g/mol. The summed E-state index contributed by atoms with van der Waals surface area (Å²) in [6, 6.07) is 0. The van der Waals surface area contributed by atoms with E-state index in [0.717, 1.165) is 37.5 Å². The minimum Gasteiger partial charge on any atom is -0.481 e. The summed E-state index contributed by atoms with van der Waals surface area (Å²) in [7, 11) is 0. The highest BCUT2D eigenvalue weighted by atomic mass is 127. The zero-order valence-electron chi connectivity index (χ0n) is 8.87. The third-order valence-electron chi connectivity index (χ3n) is 3.59. The number of aliphatic carboxylic acids is 1. The SMILES string of the molecule is CC(I)C(C)C1CCC(C(=O)O)CC1. The van der Waals surface area contributed by atoms with Gasteiger partial charge in [-0.1, -0.05) is 36.4 Å². The van der Waals surface area contributed by atoms with E-state index in [1.807, 2.05) is 0 Å². The molecule has 1 saturated carbocycles. The maximum atomic E-state index is 10.8. The number of carboxylic acids is 1. The van der Waals surface area contributed by atoms with E-state index in [1.165, 1.54) is 0 Å². The summed E-state index contributed by atoms with van der Waals surface area (Å²) < 4.78 is 0.693. The summed E-state index contributed by atoms with van der Waals surface area (Å²) in [5.74, 6) is 0.810. The Kier molecular flexibility index (Phi) is 4.67. The van der Waals surface area contributed by atoms with E-state index in [4.69, 9.17) is 5.11 Å². The van der Waals surface area contributed by atoms with Crippen molar-refractivity contribution >= 4 is 28.6 Å². The van der Waals surface area contributed by atoms with Crippen LogP contribution in [0.1, 0.15) is 39.5 Å². The van der Waals surface area contributed by atoms with Crippen molar-refractivity contribution in [1.29, 1.82) is 0 Å². The Hall–Kier alpha value is 0.200. The van der Waals surface area contributed by atoms with Gasteiger partial charge in [-0.2, -0.15) is 0 Å². The number of hydrogen-bond acceptors (Lipinski definition) is 1. The summed E-state index contributed by atoms with van der Waals surface area (Å²) in [4.78, 5) is 10.8. The highest BCUT2D eigenvalue weighted by molar-refractivity contribution is 14.1. The molecule has 0 aromatic carbocycles. The summed E-state index contributed by atoms with van der Waals surface area (Å²) in [6.45, 7) is 4.54. The summed E-state index contributed by atoms with van der Waals surface area (Å²) in [6.07, 6.45) is 3.97. The van der Waals surface area contributed by atoms with Crippen molar-refractivity contribution in [3.8, 4) is 0 Å². The first kappa shape index (κ1) is 12.3. The number of halogens is 1. The lowest BCUT2D eigenvalue weighted by Crippen LogP contribution is -2.27. The van der Waals surface area contributed by atoms with Crippen LogP contribution in [0.5, 0.6) is 0 Å². The molecule has 0 aromatic heterocycles. The molecule has 1 rings (SSSR count). The Labute approximate surface area is 99.6 Å². The van der Waals surface area contributed by atoms with Crippen LogP contribution in [0.2, 0.25) is 0 Å². The molecule has 2 nitrogen and oxygen atoms in total. The molecule has 0 amide bonds. The third-order valence-corrected chi connectivity index (χ3v) is 4.72. The van der Waals surface area contributed by atoms with Crippen molar-refractivity contribution in [3.63, 3.8) is 0 Å². The van der Waals surface area contributed by atoms with Crippen LogP contribution >= 0.6 is 22.6 Å². The van der Waals surface area contributed by atoms with Crippen molar-refractivity contribution in [2.45, 2.75) is 43.5 Å². The van der Waals surface area contributed by atoms with Crippen molar-refractivity contribution in [2.24, 2.45) is 17.8 Å². The third kappa shape index (κ3) is 3.11. The molecule has 2 atom stereocenters. The zero-order valence-corrected chi connectivity index (χ0v) is 11.0. The monoisotopic (exact) mass is 310 g/mol. The number of carboxylic acid groups (broad SMARTS) is 1. The van der Waals surface area contributed by atoms with Gasteiger partial charge < -0.3 is 5.11 Å². The average Bonchev–Trinajstić information content (AvgIpc) is 2.16. The van der Waals surface area contributed by atoms with E-state index in [-0.39, 0.29) is 5.92 Å². The van der Waals surface area contributed by atoms with Gasteiger partial charge >= 0.3 is 5.97 Å². The van der Waals surface area contributed by atoms with Gasteiger partial charge in [-0.05, 0) is 37.5 Å². The molecule has 14 heavy (non-hydrogen) atoms. The first-order valence-corrected chi connectivity index (χ1v) is 6.63. The Balaban J connectivity index is 2.39. The van der Waals surface area contributed by atoms with Gasteiger partial charge in [-0.3, -0.25) is 4.79 Å². The Morgan fingerprint density at radius 1 is 1.29 bits per heavy atom. The Bertz CT molecular complexity index is 195. The lowest BCUT2D eigenvalue weighted by atomic mass is 9.75. The van der Waals surface area contributed by atoms with Crippen LogP contribution in [-0.2, 0) is 4.79 Å². The standard InChI is InChI=1S/C11H19IO2/c1-7(8(2)12)9-3-5-10(6-4-9)11(13)14/h7-10H,3-6H2,1-2H3,(H,13,14). The topological polar surface area (TPSA) is 37.3 Å². The second kappa shape index (κ2) is 5.33. The van der Waals surface area contributed by atoms with E-state index in [0.29, 0.717) is 3.92 Å². The minimum absolute atomic E-state index is 0.0667. The molecule has 0 aliphatic heterocycles. The first-order chi connectivity index (χ1) is 6.52. The maximum absolute atomic E-state index is 10.8. The molecule has 0 bridgehead atoms. The van der Waals surface area contributed by atoms with Gasteiger partial charge in [0.05, 0.1) is 5.92 Å². The van der Waals surface area contributed by atoms with Crippen molar-refractivity contribution in [3.05, 3.63) is 0 Å². The molecular formula is C11H19IO2. The minimum atomic E-state index is -0.598. The van der Waals surface area contributed by atoms with Gasteiger partial charge in [0.25, 0.3) is 0 Å². The molecule has 0 heterocycles. The van der Waals surface area contributed by atoms with Crippen LogP contribution in [0.25, 0.3) is 0 Å². The lowest BCUT2D eigenvalue weighted by Gasteiger charge is -2.32. The van der Waals surface area contributed by atoms with Gasteiger partial charge in [-0.25, -0.2) is 0 Å². The smallest absolute Gasteiger partial charge is 0.306 e. The van der Waals surface area contributed by atoms with Gasteiger partial charge in [0.15, 0.2) is 0 Å². The molecule has 1 fully saturated rings. The predicted octanol–water partition coefficient (Wildman–Crippen LogP) is 3.34.